The van der Waals surface area contributed by atoms with Crippen LogP contribution in [0.4, 0.5) is 10.1 Å². The maximum Gasteiger partial charge on any atom is 0.276 e. The van der Waals surface area contributed by atoms with Gasteiger partial charge in [0.25, 0.3) is 5.91 Å². The summed E-state index contributed by atoms with van der Waals surface area (Å²) in [5, 5.41) is 9.87. The normalized spacial score (nSPS) is 10.7. The van der Waals surface area contributed by atoms with Crippen LogP contribution in [-0.4, -0.2) is 16.1 Å². The fourth-order valence-electron chi connectivity index (χ4n) is 1.99. The Bertz CT molecular complexity index is 777. The molecule has 20 heavy (non-hydrogen) atoms. The van der Waals surface area contributed by atoms with Crippen LogP contribution in [0.3, 0.4) is 0 Å². The van der Waals surface area contributed by atoms with Crippen molar-refractivity contribution in [3.8, 4) is 0 Å². The number of rotatable bonds is 2. The number of amides is 1. The molecule has 0 aliphatic heterocycles. The number of hydrogen-bond acceptors (Lipinski definition) is 2. The van der Waals surface area contributed by atoms with Crippen molar-refractivity contribution in [3.05, 3.63) is 59.5 Å². The summed E-state index contributed by atoms with van der Waals surface area (Å²) in [5.74, 6) is -0.769. The molecule has 2 aromatic carbocycles. The highest BCUT2D eigenvalue weighted by Crippen LogP contribution is 2.18. The summed E-state index contributed by atoms with van der Waals surface area (Å²) in [7, 11) is 0. The van der Waals surface area contributed by atoms with Gasteiger partial charge in [-0.2, -0.15) is 5.10 Å². The number of benzene rings is 2. The molecule has 0 saturated carbocycles. The number of fused-ring (bicyclic) bond motifs is 1. The number of aromatic amines is 1. The third kappa shape index (κ3) is 2.25. The second-order valence-corrected chi connectivity index (χ2v) is 4.58. The number of nitrogens with one attached hydrogen (secondary N) is 2. The van der Waals surface area contributed by atoms with E-state index in [2.05, 4.69) is 15.5 Å². The number of H-pyrrole nitrogens is 1. The molecule has 100 valence electrons. The fourth-order valence-corrected chi connectivity index (χ4v) is 1.99. The maximum absolute atomic E-state index is 13.3. The van der Waals surface area contributed by atoms with Crippen LogP contribution in [0.25, 0.3) is 10.9 Å². The molecule has 4 nitrogen and oxygen atoms in total. The van der Waals surface area contributed by atoms with Gasteiger partial charge in [0, 0.05) is 11.1 Å². The lowest BCUT2D eigenvalue weighted by molar-refractivity contribution is 0.102. The van der Waals surface area contributed by atoms with E-state index in [4.69, 9.17) is 0 Å². The Morgan fingerprint density at radius 2 is 1.95 bits per heavy atom. The van der Waals surface area contributed by atoms with Crippen molar-refractivity contribution in [1.82, 2.24) is 10.2 Å². The first-order valence-corrected chi connectivity index (χ1v) is 6.15. The highest BCUT2D eigenvalue weighted by molar-refractivity contribution is 6.11. The van der Waals surface area contributed by atoms with Gasteiger partial charge in [0.05, 0.1) is 5.52 Å². The van der Waals surface area contributed by atoms with Crippen molar-refractivity contribution in [2.24, 2.45) is 0 Å². The molecule has 0 unspecified atom stereocenters. The number of anilines is 1. The predicted octanol–water partition coefficient (Wildman–Crippen LogP) is 3.26. The molecule has 0 atom stereocenters. The lowest BCUT2D eigenvalue weighted by Gasteiger charge is -2.03. The number of aryl methyl sites for hydroxylation is 1. The summed E-state index contributed by atoms with van der Waals surface area (Å²) in [5.41, 5.74) is 2.59. The Labute approximate surface area is 114 Å². The van der Waals surface area contributed by atoms with Gasteiger partial charge in [0.15, 0.2) is 5.69 Å². The predicted molar refractivity (Wildman–Crippen MR) is 75.2 cm³/mol. The van der Waals surface area contributed by atoms with Crippen molar-refractivity contribution < 1.29 is 9.18 Å². The summed E-state index contributed by atoms with van der Waals surface area (Å²) in [6, 6.07) is 11.6. The minimum absolute atomic E-state index is 0.181. The summed E-state index contributed by atoms with van der Waals surface area (Å²) in [6.45, 7) is 1.97. The third-order valence-corrected chi connectivity index (χ3v) is 3.05. The van der Waals surface area contributed by atoms with Crippen LogP contribution in [0.15, 0.2) is 42.5 Å². The Kier molecular flexibility index (Phi) is 2.95. The van der Waals surface area contributed by atoms with Gasteiger partial charge in [-0.3, -0.25) is 9.89 Å². The molecule has 0 aliphatic rings. The van der Waals surface area contributed by atoms with E-state index in [1.807, 2.05) is 31.2 Å². The monoisotopic (exact) mass is 269 g/mol. The number of nitrogens with zero attached hydrogens (tertiary/aromatic N) is 1. The fraction of sp³-hybridized carbons (Fsp3) is 0.0667. The molecule has 0 bridgehead atoms. The van der Waals surface area contributed by atoms with E-state index in [9.17, 15) is 9.18 Å². The molecular weight excluding hydrogens is 257 g/mol. The van der Waals surface area contributed by atoms with Gasteiger partial charge in [-0.05, 0) is 37.3 Å². The van der Waals surface area contributed by atoms with Gasteiger partial charge in [-0.1, -0.05) is 17.7 Å². The Morgan fingerprint density at radius 3 is 2.70 bits per heavy atom. The zero-order valence-electron chi connectivity index (χ0n) is 10.8. The number of halogens is 1. The molecular formula is C15H12FN3O. The largest absolute Gasteiger partial charge is 0.321 e. The average Bonchev–Trinajstić information content (AvgIpc) is 2.84. The van der Waals surface area contributed by atoms with E-state index in [0.717, 1.165) is 5.56 Å². The minimum atomic E-state index is -0.400. The van der Waals surface area contributed by atoms with Crippen LogP contribution < -0.4 is 5.32 Å². The molecule has 2 N–H and O–H groups in total. The van der Waals surface area contributed by atoms with Crippen LogP contribution in [0.5, 0.6) is 0 Å². The summed E-state index contributed by atoms with van der Waals surface area (Å²) in [4.78, 5) is 12.2. The highest BCUT2D eigenvalue weighted by atomic mass is 19.1. The summed E-state index contributed by atoms with van der Waals surface area (Å²) >= 11 is 0. The molecule has 3 rings (SSSR count). The van der Waals surface area contributed by atoms with E-state index in [1.54, 1.807) is 6.07 Å². The number of hydrogen-bond donors (Lipinski definition) is 2. The number of carbonyl (C=O) groups excluding carboxylic acids is 1. The van der Waals surface area contributed by atoms with E-state index in [1.165, 1.54) is 12.1 Å². The van der Waals surface area contributed by atoms with Gasteiger partial charge in [0.1, 0.15) is 5.82 Å². The zero-order valence-corrected chi connectivity index (χ0v) is 10.8. The van der Waals surface area contributed by atoms with E-state index in [-0.39, 0.29) is 11.6 Å². The SMILES string of the molecule is Cc1ccc(NC(=O)c2n[nH]c3ccc(F)cc23)cc1. The minimum Gasteiger partial charge on any atom is -0.321 e. The molecule has 0 spiro atoms. The molecule has 1 heterocycles. The molecule has 1 aromatic heterocycles. The first-order valence-electron chi connectivity index (χ1n) is 6.15. The topological polar surface area (TPSA) is 57.8 Å². The standard InChI is InChI=1S/C15H12FN3O/c1-9-2-5-11(6-3-9)17-15(20)14-12-8-10(16)4-7-13(12)18-19-14/h2-8H,1H3,(H,17,20)(H,18,19). The average molecular weight is 269 g/mol. The highest BCUT2D eigenvalue weighted by Gasteiger charge is 2.14. The molecule has 3 aromatic rings. The Balaban J connectivity index is 1.92. The van der Waals surface area contributed by atoms with Gasteiger partial charge >= 0.3 is 0 Å². The van der Waals surface area contributed by atoms with Crippen LogP contribution in [0, 0.1) is 12.7 Å². The van der Waals surface area contributed by atoms with Gasteiger partial charge in [-0.15, -0.1) is 0 Å². The molecule has 0 aliphatic carbocycles. The van der Waals surface area contributed by atoms with Crippen molar-refractivity contribution in [2.45, 2.75) is 6.92 Å². The maximum atomic E-state index is 13.3. The molecule has 5 heteroatoms. The smallest absolute Gasteiger partial charge is 0.276 e. The van der Waals surface area contributed by atoms with Crippen molar-refractivity contribution in [1.29, 1.82) is 0 Å². The van der Waals surface area contributed by atoms with Crippen LogP contribution >= 0.6 is 0 Å². The van der Waals surface area contributed by atoms with E-state index < -0.39 is 5.82 Å². The molecule has 0 radical (unpaired) electrons. The van der Waals surface area contributed by atoms with Crippen molar-refractivity contribution in [2.75, 3.05) is 5.32 Å². The summed E-state index contributed by atoms with van der Waals surface area (Å²) < 4.78 is 13.3. The lowest BCUT2D eigenvalue weighted by atomic mass is 10.2. The van der Waals surface area contributed by atoms with E-state index in [0.29, 0.717) is 16.6 Å². The quantitative estimate of drug-likeness (QED) is 0.750. The van der Waals surface area contributed by atoms with Gasteiger partial charge < -0.3 is 5.32 Å². The van der Waals surface area contributed by atoms with Crippen molar-refractivity contribution in [3.63, 3.8) is 0 Å². The van der Waals surface area contributed by atoms with Gasteiger partial charge in [0.2, 0.25) is 0 Å². The second-order valence-electron chi connectivity index (χ2n) is 4.58. The molecule has 0 fully saturated rings. The number of carbonyl (C=O) groups is 1. The summed E-state index contributed by atoms with van der Waals surface area (Å²) in [6.07, 6.45) is 0. The van der Waals surface area contributed by atoms with E-state index >= 15 is 0 Å². The second kappa shape index (κ2) is 4.77. The van der Waals surface area contributed by atoms with Gasteiger partial charge in [-0.25, -0.2) is 4.39 Å². The first-order chi connectivity index (χ1) is 9.63. The molecule has 1 amide bonds. The first kappa shape index (κ1) is 12.3. The van der Waals surface area contributed by atoms with Crippen LogP contribution in [-0.2, 0) is 0 Å². The number of aromatic nitrogens is 2. The van der Waals surface area contributed by atoms with Crippen LogP contribution in [0.2, 0.25) is 0 Å². The third-order valence-electron chi connectivity index (χ3n) is 3.05. The lowest BCUT2D eigenvalue weighted by Crippen LogP contribution is -2.12. The van der Waals surface area contributed by atoms with Crippen molar-refractivity contribution >= 4 is 22.5 Å². The zero-order chi connectivity index (χ0) is 14.1. The molecule has 0 saturated heterocycles. The van der Waals surface area contributed by atoms with Crippen LogP contribution in [0.1, 0.15) is 16.1 Å². The Morgan fingerprint density at radius 1 is 1.20 bits per heavy atom. The Hall–Kier alpha value is -2.69.